The quantitative estimate of drug-likeness (QED) is 0.856. The number of hydrogen-bond donors (Lipinski definition) is 0. The van der Waals surface area contributed by atoms with Crippen LogP contribution in [0.5, 0.6) is 0 Å². The van der Waals surface area contributed by atoms with E-state index in [1.807, 2.05) is 0 Å². The van der Waals surface area contributed by atoms with Crippen molar-refractivity contribution in [3.8, 4) is 0 Å². The van der Waals surface area contributed by atoms with Crippen LogP contribution in [0.15, 0.2) is 28.9 Å². The largest absolute Gasteiger partial charge is 0.467 e. The average molecular weight is 313 g/mol. The van der Waals surface area contributed by atoms with Gasteiger partial charge in [-0.3, -0.25) is 9.48 Å². The van der Waals surface area contributed by atoms with Crippen LogP contribution in [-0.4, -0.2) is 27.1 Å². The standard InChI is InChI=1S/C14H14F3N3O2/c1-19-12(14(15,16)17)8-9(18-19)13(21)20-6-2-4-10(20)11-5-3-7-22-11/h3,5,7-8,10H,2,4,6H2,1H3/t10-/m1/s1. The number of hydrogen-bond acceptors (Lipinski definition) is 3. The third-order valence-corrected chi connectivity index (χ3v) is 3.77. The number of amides is 1. The van der Waals surface area contributed by atoms with Crippen LogP contribution in [0.25, 0.3) is 0 Å². The van der Waals surface area contributed by atoms with E-state index in [1.165, 1.54) is 18.2 Å². The van der Waals surface area contributed by atoms with Crippen molar-refractivity contribution in [1.82, 2.24) is 14.7 Å². The monoisotopic (exact) mass is 313 g/mol. The van der Waals surface area contributed by atoms with E-state index in [1.54, 1.807) is 12.1 Å². The van der Waals surface area contributed by atoms with Gasteiger partial charge < -0.3 is 9.32 Å². The van der Waals surface area contributed by atoms with Gasteiger partial charge in [0.25, 0.3) is 5.91 Å². The number of halogens is 3. The summed E-state index contributed by atoms with van der Waals surface area (Å²) in [6.07, 6.45) is -1.53. The molecule has 2 aromatic rings. The van der Waals surface area contributed by atoms with Gasteiger partial charge in [0, 0.05) is 19.7 Å². The van der Waals surface area contributed by atoms with Crippen LogP contribution in [-0.2, 0) is 13.2 Å². The average Bonchev–Trinajstić information content (AvgIpc) is 3.16. The molecule has 1 saturated heterocycles. The molecular weight excluding hydrogens is 299 g/mol. The van der Waals surface area contributed by atoms with E-state index in [9.17, 15) is 18.0 Å². The van der Waals surface area contributed by atoms with Crippen molar-refractivity contribution >= 4 is 5.91 Å². The van der Waals surface area contributed by atoms with Gasteiger partial charge >= 0.3 is 6.18 Å². The molecule has 0 spiro atoms. The first-order chi connectivity index (χ1) is 10.4. The van der Waals surface area contributed by atoms with Crippen LogP contribution in [0.3, 0.4) is 0 Å². The first kappa shape index (κ1) is 14.7. The molecule has 3 rings (SSSR count). The number of likely N-dealkylation sites (tertiary alicyclic amines) is 1. The van der Waals surface area contributed by atoms with E-state index in [4.69, 9.17) is 4.42 Å². The molecule has 1 fully saturated rings. The fourth-order valence-corrected chi connectivity index (χ4v) is 2.77. The third kappa shape index (κ3) is 2.49. The van der Waals surface area contributed by atoms with Gasteiger partial charge in [-0.15, -0.1) is 0 Å². The second kappa shape index (κ2) is 5.19. The molecule has 118 valence electrons. The normalized spacial score (nSPS) is 18.9. The highest BCUT2D eigenvalue weighted by atomic mass is 19.4. The maximum Gasteiger partial charge on any atom is 0.433 e. The van der Waals surface area contributed by atoms with Crippen LogP contribution < -0.4 is 0 Å². The van der Waals surface area contributed by atoms with Crippen molar-refractivity contribution in [2.45, 2.75) is 25.1 Å². The maximum absolute atomic E-state index is 12.8. The van der Waals surface area contributed by atoms with Gasteiger partial charge in [0.15, 0.2) is 5.69 Å². The predicted octanol–water partition coefficient (Wildman–Crippen LogP) is 3.01. The number of rotatable bonds is 2. The zero-order valence-corrected chi connectivity index (χ0v) is 11.8. The number of nitrogens with zero attached hydrogens (tertiary/aromatic N) is 3. The van der Waals surface area contributed by atoms with Gasteiger partial charge in [-0.1, -0.05) is 0 Å². The summed E-state index contributed by atoms with van der Waals surface area (Å²) in [6, 6.07) is 4.02. The van der Waals surface area contributed by atoms with Gasteiger partial charge in [0.05, 0.1) is 12.3 Å². The first-order valence-corrected chi connectivity index (χ1v) is 6.83. The highest BCUT2D eigenvalue weighted by Gasteiger charge is 2.38. The molecule has 22 heavy (non-hydrogen) atoms. The molecule has 3 heterocycles. The lowest BCUT2D eigenvalue weighted by Crippen LogP contribution is -2.30. The van der Waals surface area contributed by atoms with E-state index < -0.39 is 17.8 Å². The fourth-order valence-electron chi connectivity index (χ4n) is 2.77. The summed E-state index contributed by atoms with van der Waals surface area (Å²) in [7, 11) is 1.17. The topological polar surface area (TPSA) is 51.3 Å². The Morgan fingerprint density at radius 3 is 2.82 bits per heavy atom. The minimum atomic E-state index is -4.54. The Morgan fingerprint density at radius 2 is 2.23 bits per heavy atom. The number of carbonyl (C=O) groups is 1. The highest BCUT2D eigenvalue weighted by Crippen LogP contribution is 2.34. The summed E-state index contributed by atoms with van der Waals surface area (Å²) >= 11 is 0. The Morgan fingerprint density at radius 1 is 1.45 bits per heavy atom. The molecule has 0 bridgehead atoms. The Hall–Kier alpha value is -2.25. The smallest absolute Gasteiger partial charge is 0.433 e. The second-order valence-electron chi connectivity index (χ2n) is 5.21. The lowest BCUT2D eigenvalue weighted by molar-refractivity contribution is -0.143. The summed E-state index contributed by atoms with van der Waals surface area (Å²) in [5.41, 5.74) is -1.14. The second-order valence-corrected chi connectivity index (χ2v) is 5.21. The Balaban J connectivity index is 1.88. The summed E-state index contributed by atoms with van der Waals surface area (Å²) in [5, 5.41) is 3.71. The molecule has 0 saturated carbocycles. The fraction of sp³-hybridized carbons (Fsp3) is 0.429. The molecule has 8 heteroatoms. The van der Waals surface area contributed by atoms with Gasteiger partial charge in [-0.25, -0.2) is 0 Å². The molecule has 0 aliphatic carbocycles. The molecule has 0 N–H and O–H groups in total. The number of aryl methyl sites for hydroxylation is 1. The van der Waals surface area contributed by atoms with E-state index in [0.717, 1.165) is 18.9 Å². The number of furan rings is 1. The molecule has 1 atom stereocenters. The highest BCUT2D eigenvalue weighted by molar-refractivity contribution is 5.93. The van der Waals surface area contributed by atoms with Gasteiger partial charge in [0.2, 0.25) is 0 Å². The van der Waals surface area contributed by atoms with Crippen molar-refractivity contribution in [3.05, 3.63) is 41.6 Å². The number of carbonyl (C=O) groups excluding carboxylic acids is 1. The van der Waals surface area contributed by atoms with E-state index >= 15 is 0 Å². The minimum absolute atomic E-state index is 0.201. The molecular formula is C14H14F3N3O2. The predicted molar refractivity (Wildman–Crippen MR) is 69.9 cm³/mol. The first-order valence-electron chi connectivity index (χ1n) is 6.83. The SMILES string of the molecule is Cn1nc(C(=O)N2CCC[C@@H]2c2ccco2)cc1C(F)(F)F. The Labute approximate surface area is 124 Å². The van der Waals surface area contributed by atoms with Gasteiger partial charge in [0.1, 0.15) is 11.5 Å². The summed E-state index contributed by atoms with van der Waals surface area (Å²) in [6.45, 7) is 0.474. The van der Waals surface area contributed by atoms with Crippen molar-refractivity contribution in [3.63, 3.8) is 0 Å². The number of aromatic nitrogens is 2. The zero-order chi connectivity index (χ0) is 15.9. The molecule has 0 aromatic carbocycles. The van der Waals surface area contributed by atoms with Gasteiger partial charge in [-0.2, -0.15) is 18.3 Å². The Bertz CT molecular complexity index is 676. The van der Waals surface area contributed by atoms with Gasteiger partial charge in [-0.05, 0) is 25.0 Å². The van der Waals surface area contributed by atoms with Crippen LogP contribution in [0, 0.1) is 0 Å². The lowest BCUT2D eigenvalue weighted by Gasteiger charge is -2.22. The zero-order valence-electron chi connectivity index (χ0n) is 11.8. The van der Waals surface area contributed by atoms with E-state index in [2.05, 4.69) is 5.10 Å². The summed E-state index contributed by atoms with van der Waals surface area (Å²) in [4.78, 5) is 14.0. The summed E-state index contributed by atoms with van der Waals surface area (Å²) < 4.78 is 44.4. The third-order valence-electron chi connectivity index (χ3n) is 3.77. The molecule has 1 aliphatic heterocycles. The minimum Gasteiger partial charge on any atom is -0.467 e. The van der Waals surface area contributed by atoms with Crippen LogP contribution in [0.1, 0.15) is 40.8 Å². The van der Waals surface area contributed by atoms with E-state index in [-0.39, 0.29) is 11.7 Å². The molecule has 5 nitrogen and oxygen atoms in total. The lowest BCUT2D eigenvalue weighted by atomic mass is 10.1. The molecule has 0 radical (unpaired) electrons. The Kier molecular flexibility index (Phi) is 3.46. The van der Waals surface area contributed by atoms with Crippen molar-refractivity contribution < 1.29 is 22.4 Å². The molecule has 2 aromatic heterocycles. The van der Waals surface area contributed by atoms with E-state index in [0.29, 0.717) is 17.0 Å². The van der Waals surface area contributed by atoms with Crippen LogP contribution in [0.4, 0.5) is 13.2 Å². The maximum atomic E-state index is 12.8. The van der Waals surface area contributed by atoms with Crippen molar-refractivity contribution in [2.75, 3.05) is 6.54 Å². The molecule has 1 aliphatic rings. The van der Waals surface area contributed by atoms with Crippen LogP contribution >= 0.6 is 0 Å². The number of alkyl halides is 3. The summed E-state index contributed by atoms with van der Waals surface area (Å²) in [5.74, 6) is 0.128. The van der Waals surface area contributed by atoms with Crippen molar-refractivity contribution in [1.29, 1.82) is 0 Å². The molecule has 0 unspecified atom stereocenters. The molecule has 1 amide bonds. The van der Waals surface area contributed by atoms with Crippen LogP contribution in [0.2, 0.25) is 0 Å². The van der Waals surface area contributed by atoms with Crippen molar-refractivity contribution in [2.24, 2.45) is 7.05 Å².